The van der Waals surface area contributed by atoms with E-state index in [2.05, 4.69) is 11.8 Å². The van der Waals surface area contributed by atoms with E-state index in [1.807, 2.05) is 0 Å². The van der Waals surface area contributed by atoms with Crippen molar-refractivity contribution >= 4 is 6.29 Å². The standard InChI is InChI=1S/C13H18O2/c14-8-5-9-15-10-13-11-6-3-1-2-4-7-12(11)13/h8,11-13H,3-7,9-10H2/t11-,12+,13?. The summed E-state index contributed by atoms with van der Waals surface area (Å²) in [4.78, 5) is 10.1. The Morgan fingerprint density at radius 2 is 1.87 bits per heavy atom. The molecule has 2 nitrogen and oxygen atoms in total. The van der Waals surface area contributed by atoms with Crippen molar-refractivity contribution in [3.05, 3.63) is 0 Å². The van der Waals surface area contributed by atoms with Crippen LogP contribution in [0.3, 0.4) is 0 Å². The maximum atomic E-state index is 10.1. The van der Waals surface area contributed by atoms with Crippen molar-refractivity contribution in [2.75, 3.05) is 13.2 Å². The van der Waals surface area contributed by atoms with Crippen molar-refractivity contribution in [3.63, 3.8) is 0 Å². The Morgan fingerprint density at radius 3 is 2.47 bits per heavy atom. The molecule has 1 fully saturated rings. The molecule has 0 radical (unpaired) electrons. The first-order valence-corrected chi connectivity index (χ1v) is 5.90. The largest absolute Gasteiger partial charge is 0.381 e. The van der Waals surface area contributed by atoms with Crippen LogP contribution in [0.1, 0.15) is 32.1 Å². The van der Waals surface area contributed by atoms with Crippen molar-refractivity contribution in [1.82, 2.24) is 0 Å². The van der Waals surface area contributed by atoms with E-state index in [4.69, 9.17) is 4.74 Å². The smallest absolute Gasteiger partial charge is 0.122 e. The van der Waals surface area contributed by atoms with Gasteiger partial charge in [0.05, 0.1) is 6.61 Å². The van der Waals surface area contributed by atoms with Crippen molar-refractivity contribution < 1.29 is 9.53 Å². The number of rotatable bonds is 5. The number of carbonyl (C=O) groups excluding carboxylic acids is 1. The summed E-state index contributed by atoms with van der Waals surface area (Å²) in [5, 5.41) is 0. The van der Waals surface area contributed by atoms with E-state index in [0.29, 0.717) is 13.0 Å². The van der Waals surface area contributed by atoms with E-state index in [1.54, 1.807) is 0 Å². The van der Waals surface area contributed by atoms with E-state index in [9.17, 15) is 4.79 Å². The predicted octanol–water partition coefficient (Wildman–Crippen LogP) is 2.03. The van der Waals surface area contributed by atoms with Crippen molar-refractivity contribution in [2.45, 2.75) is 32.1 Å². The maximum absolute atomic E-state index is 10.1. The summed E-state index contributed by atoms with van der Waals surface area (Å²) in [5.41, 5.74) is 0. The van der Waals surface area contributed by atoms with Crippen molar-refractivity contribution in [2.24, 2.45) is 17.8 Å². The van der Waals surface area contributed by atoms with E-state index >= 15 is 0 Å². The Kier molecular flexibility index (Phi) is 3.80. The molecule has 1 saturated carbocycles. The lowest BCUT2D eigenvalue weighted by atomic mass is 10.1. The van der Waals surface area contributed by atoms with Crippen LogP contribution in [0.4, 0.5) is 0 Å². The Bertz CT molecular complexity index is 256. The van der Waals surface area contributed by atoms with E-state index in [-0.39, 0.29) is 0 Å². The summed E-state index contributed by atoms with van der Waals surface area (Å²) in [6.45, 7) is 1.44. The highest BCUT2D eigenvalue weighted by molar-refractivity contribution is 5.49. The average Bonchev–Trinajstić information content (AvgIpc) is 2.83. The molecule has 0 aromatic carbocycles. The van der Waals surface area contributed by atoms with Gasteiger partial charge in [-0.25, -0.2) is 0 Å². The lowest BCUT2D eigenvalue weighted by Gasteiger charge is -2.00. The molecular weight excluding hydrogens is 188 g/mol. The van der Waals surface area contributed by atoms with Gasteiger partial charge in [-0.2, -0.15) is 0 Å². The van der Waals surface area contributed by atoms with Crippen LogP contribution >= 0.6 is 0 Å². The van der Waals surface area contributed by atoms with Gasteiger partial charge in [0.2, 0.25) is 0 Å². The van der Waals surface area contributed by atoms with Crippen LogP contribution < -0.4 is 0 Å². The second-order valence-corrected chi connectivity index (χ2v) is 4.45. The molecule has 3 atom stereocenters. The summed E-state index contributed by atoms with van der Waals surface area (Å²) in [6, 6.07) is 0. The average molecular weight is 206 g/mol. The zero-order valence-corrected chi connectivity index (χ0v) is 9.08. The van der Waals surface area contributed by atoms with Gasteiger partial charge in [0.1, 0.15) is 6.29 Å². The first-order chi connectivity index (χ1) is 7.43. The third-order valence-corrected chi connectivity index (χ3v) is 3.53. The molecule has 82 valence electrons. The Labute approximate surface area is 91.4 Å². The first-order valence-electron chi connectivity index (χ1n) is 5.90. The van der Waals surface area contributed by atoms with Crippen LogP contribution in [0.15, 0.2) is 0 Å². The number of ether oxygens (including phenoxy) is 1. The Hall–Kier alpha value is -0.810. The van der Waals surface area contributed by atoms with E-state index in [1.165, 1.54) is 12.8 Å². The van der Waals surface area contributed by atoms with Crippen LogP contribution in [-0.2, 0) is 9.53 Å². The van der Waals surface area contributed by atoms with Gasteiger partial charge in [0, 0.05) is 25.9 Å². The molecule has 0 amide bonds. The molecule has 2 aliphatic rings. The molecule has 0 N–H and O–H groups in total. The van der Waals surface area contributed by atoms with Gasteiger partial charge in [0.25, 0.3) is 0 Å². The zero-order valence-electron chi connectivity index (χ0n) is 9.08. The van der Waals surface area contributed by atoms with Crippen LogP contribution in [0.25, 0.3) is 0 Å². The molecule has 0 aromatic rings. The zero-order chi connectivity index (χ0) is 10.5. The molecular formula is C13H18O2. The Morgan fingerprint density at radius 1 is 1.20 bits per heavy atom. The topological polar surface area (TPSA) is 26.3 Å². The van der Waals surface area contributed by atoms with Gasteiger partial charge in [-0.3, -0.25) is 0 Å². The van der Waals surface area contributed by atoms with Crippen molar-refractivity contribution in [3.8, 4) is 11.8 Å². The molecule has 2 aliphatic carbocycles. The Balaban J connectivity index is 1.66. The second-order valence-electron chi connectivity index (χ2n) is 4.45. The molecule has 0 saturated heterocycles. The van der Waals surface area contributed by atoms with Gasteiger partial charge in [-0.05, 0) is 30.6 Å². The van der Waals surface area contributed by atoms with Crippen LogP contribution in [0.2, 0.25) is 0 Å². The fourth-order valence-electron chi connectivity index (χ4n) is 2.63. The minimum atomic E-state index is 0.533. The summed E-state index contributed by atoms with van der Waals surface area (Å²) < 4.78 is 5.50. The fourth-order valence-corrected chi connectivity index (χ4v) is 2.63. The number of aldehydes is 1. The summed E-state index contributed by atoms with van der Waals surface area (Å²) >= 11 is 0. The SMILES string of the molecule is O=CCCOCC1[C@H]2CCC#CCC[C@@H]12. The lowest BCUT2D eigenvalue weighted by Crippen LogP contribution is -2.01. The monoisotopic (exact) mass is 206 g/mol. The minimum Gasteiger partial charge on any atom is -0.381 e. The highest BCUT2D eigenvalue weighted by Crippen LogP contribution is 2.52. The van der Waals surface area contributed by atoms with Crippen LogP contribution in [-0.4, -0.2) is 19.5 Å². The summed E-state index contributed by atoms with van der Waals surface area (Å²) in [5.74, 6) is 8.87. The molecule has 0 heterocycles. The summed E-state index contributed by atoms with van der Waals surface area (Å²) in [6.07, 6.45) is 6.08. The van der Waals surface area contributed by atoms with Gasteiger partial charge >= 0.3 is 0 Å². The number of fused-ring (bicyclic) bond motifs is 1. The van der Waals surface area contributed by atoms with Crippen LogP contribution in [0, 0.1) is 29.6 Å². The van der Waals surface area contributed by atoms with Gasteiger partial charge in [-0.15, -0.1) is 11.8 Å². The van der Waals surface area contributed by atoms with Crippen molar-refractivity contribution in [1.29, 1.82) is 0 Å². The van der Waals surface area contributed by atoms with Gasteiger partial charge < -0.3 is 9.53 Å². The number of hydrogen-bond donors (Lipinski definition) is 0. The van der Waals surface area contributed by atoms with Gasteiger partial charge in [0.15, 0.2) is 0 Å². The highest BCUT2D eigenvalue weighted by Gasteiger charge is 2.48. The molecule has 15 heavy (non-hydrogen) atoms. The van der Waals surface area contributed by atoms with Gasteiger partial charge in [-0.1, -0.05) is 0 Å². The first kappa shape index (κ1) is 10.7. The predicted molar refractivity (Wildman–Crippen MR) is 58.2 cm³/mol. The summed E-state index contributed by atoms with van der Waals surface area (Å²) in [7, 11) is 0. The third-order valence-electron chi connectivity index (χ3n) is 3.53. The lowest BCUT2D eigenvalue weighted by molar-refractivity contribution is -0.108. The highest BCUT2D eigenvalue weighted by atomic mass is 16.5. The third kappa shape index (κ3) is 2.82. The van der Waals surface area contributed by atoms with Crippen LogP contribution in [0.5, 0.6) is 0 Å². The normalized spacial score (nSPS) is 32.9. The second kappa shape index (κ2) is 5.32. The molecule has 0 aliphatic heterocycles. The molecule has 2 heteroatoms. The quantitative estimate of drug-likeness (QED) is 0.391. The molecule has 0 spiro atoms. The number of hydrogen-bond acceptors (Lipinski definition) is 2. The van der Waals surface area contributed by atoms with E-state index < -0.39 is 0 Å². The fraction of sp³-hybridized carbons (Fsp3) is 0.769. The number of carbonyl (C=O) groups is 1. The molecule has 1 unspecified atom stereocenters. The minimum absolute atomic E-state index is 0.533. The molecule has 0 aromatic heterocycles. The van der Waals surface area contributed by atoms with E-state index in [0.717, 1.165) is 43.5 Å². The molecule has 0 bridgehead atoms. The molecule has 2 rings (SSSR count). The maximum Gasteiger partial charge on any atom is 0.122 e.